The molecule has 2 heterocycles. The lowest BCUT2D eigenvalue weighted by Crippen LogP contribution is -2.28. The van der Waals surface area contributed by atoms with Crippen molar-refractivity contribution in [2.75, 3.05) is 18.5 Å². The highest BCUT2D eigenvalue weighted by molar-refractivity contribution is 6.03. The molecule has 0 unspecified atom stereocenters. The van der Waals surface area contributed by atoms with Crippen LogP contribution in [-0.2, 0) is 9.47 Å². The van der Waals surface area contributed by atoms with Crippen LogP contribution < -0.4 is 5.32 Å². The summed E-state index contributed by atoms with van der Waals surface area (Å²) in [5.41, 5.74) is 2.94. The fourth-order valence-electron chi connectivity index (χ4n) is 3.00. The average molecular weight is 396 g/mol. The van der Waals surface area contributed by atoms with Crippen LogP contribution >= 0.6 is 0 Å². The highest BCUT2D eigenvalue weighted by Gasteiger charge is 2.23. The predicted octanol–water partition coefficient (Wildman–Crippen LogP) is 5.05. The molecule has 0 aliphatic carbocycles. The molecule has 1 aromatic heterocycles. The molecule has 3 rings (SSSR count). The molecule has 0 bridgehead atoms. The van der Waals surface area contributed by atoms with Crippen molar-refractivity contribution in [3.8, 4) is 11.1 Å². The summed E-state index contributed by atoms with van der Waals surface area (Å²) in [6.07, 6.45) is 1.06. The van der Waals surface area contributed by atoms with Gasteiger partial charge in [-0.15, -0.1) is 0 Å². The van der Waals surface area contributed by atoms with Gasteiger partial charge in [-0.1, -0.05) is 38.1 Å². The van der Waals surface area contributed by atoms with Gasteiger partial charge in [0.2, 0.25) is 0 Å². The Kier molecular flexibility index (Phi) is 6.03. The van der Waals surface area contributed by atoms with Gasteiger partial charge >= 0.3 is 6.09 Å². The van der Waals surface area contributed by atoms with Crippen molar-refractivity contribution in [2.45, 2.75) is 46.1 Å². The van der Waals surface area contributed by atoms with Gasteiger partial charge in [-0.3, -0.25) is 15.1 Å². The maximum absolute atomic E-state index is 12.6. The van der Waals surface area contributed by atoms with E-state index < -0.39 is 11.7 Å². The number of nitrogens with one attached hydrogen (secondary N) is 1. The van der Waals surface area contributed by atoms with E-state index in [9.17, 15) is 9.59 Å². The van der Waals surface area contributed by atoms with Crippen molar-refractivity contribution in [3.05, 3.63) is 47.8 Å². The number of benzene rings is 1. The third-order valence-electron chi connectivity index (χ3n) is 4.61. The molecule has 154 valence electrons. The van der Waals surface area contributed by atoms with Gasteiger partial charge in [0.25, 0.3) is 0 Å². The minimum Gasteiger partial charge on any atom is -0.444 e. The maximum Gasteiger partial charge on any atom is 0.412 e. The Hall–Kier alpha value is -2.73. The Morgan fingerprint density at radius 3 is 2.48 bits per heavy atom. The zero-order chi connectivity index (χ0) is 21.2. The predicted molar refractivity (Wildman–Crippen MR) is 112 cm³/mol. The summed E-state index contributed by atoms with van der Waals surface area (Å²) in [6.45, 7) is 10.4. The molecule has 1 aromatic carbocycles. The summed E-state index contributed by atoms with van der Waals surface area (Å²) in [4.78, 5) is 29.3. The van der Waals surface area contributed by atoms with Gasteiger partial charge in [-0.2, -0.15) is 0 Å². The molecule has 6 nitrogen and oxygen atoms in total. The number of ether oxygens (including phenoxy) is 2. The van der Waals surface area contributed by atoms with Gasteiger partial charge in [0.05, 0.1) is 18.9 Å². The number of rotatable bonds is 5. The number of nitrogens with zero attached hydrogens (tertiary/aromatic N) is 1. The molecule has 1 amide bonds. The maximum atomic E-state index is 12.6. The Morgan fingerprint density at radius 1 is 1.17 bits per heavy atom. The van der Waals surface area contributed by atoms with E-state index in [1.54, 1.807) is 46.9 Å². The zero-order valence-electron chi connectivity index (χ0n) is 17.6. The van der Waals surface area contributed by atoms with Crippen LogP contribution in [0.4, 0.5) is 10.5 Å². The Labute approximate surface area is 171 Å². The zero-order valence-corrected chi connectivity index (χ0v) is 17.6. The summed E-state index contributed by atoms with van der Waals surface area (Å²) < 4.78 is 10.6. The summed E-state index contributed by atoms with van der Waals surface area (Å²) in [6, 6.07) is 9.95. The molecule has 1 N–H and O–H groups in total. The second-order valence-electron chi connectivity index (χ2n) is 8.63. The van der Waals surface area contributed by atoms with Crippen molar-refractivity contribution in [1.29, 1.82) is 0 Å². The highest BCUT2D eigenvalue weighted by Crippen LogP contribution is 2.30. The Bertz CT molecular complexity index is 911. The first-order valence-electron chi connectivity index (χ1n) is 9.86. The lowest BCUT2D eigenvalue weighted by atomic mass is 9.94. The molecule has 1 fully saturated rings. The second kappa shape index (κ2) is 8.33. The molecular weight excluding hydrogens is 368 g/mol. The highest BCUT2D eigenvalue weighted by atomic mass is 16.6. The number of carbonyl (C=O) groups is 2. The third-order valence-corrected chi connectivity index (χ3v) is 4.61. The van der Waals surface area contributed by atoms with Crippen molar-refractivity contribution in [1.82, 2.24) is 4.98 Å². The number of anilines is 1. The quantitative estimate of drug-likeness (QED) is 0.716. The van der Waals surface area contributed by atoms with E-state index in [4.69, 9.17) is 9.47 Å². The van der Waals surface area contributed by atoms with Crippen LogP contribution in [0, 0.1) is 5.92 Å². The number of hydrogen-bond donors (Lipinski definition) is 1. The number of pyridine rings is 1. The SMILES string of the molecule is CC(C)C(=O)c1ncc(-c2cccc(C3COC3)c2)cc1NC(=O)OC(C)(C)C. The van der Waals surface area contributed by atoms with Crippen LogP contribution in [0.2, 0.25) is 0 Å². The topological polar surface area (TPSA) is 77.5 Å². The smallest absolute Gasteiger partial charge is 0.412 e. The molecule has 0 saturated carbocycles. The minimum absolute atomic E-state index is 0.136. The standard InChI is InChI=1S/C23H28N2O4/c1-14(2)21(26)20-19(25-22(27)29-23(3,4)5)10-17(11-24-20)15-7-6-8-16(9-15)18-12-28-13-18/h6-11,14,18H,12-13H2,1-5H3,(H,25,27). The number of aromatic nitrogens is 1. The lowest BCUT2D eigenvalue weighted by Gasteiger charge is -2.26. The Morgan fingerprint density at radius 2 is 1.90 bits per heavy atom. The molecular formula is C23H28N2O4. The van der Waals surface area contributed by atoms with Gasteiger partial charge in [-0.25, -0.2) is 4.79 Å². The molecule has 6 heteroatoms. The van der Waals surface area contributed by atoms with Crippen LogP contribution in [-0.4, -0.2) is 35.7 Å². The minimum atomic E-state index is -0.642. The first-order valence-corrected chi connectivity index (χ1v) is 9.86. The van der Waals surface area contributed by atoms with Gasteiger partial charge in [0.1, 0.15) is 11.3 Å². The monoisotopic (exact) mass is 396 g/mol. The van der Waals surface area contributed by atoms with Crippen LogP contribution in [0.3, 0.4) is 0 Å². The number of amides is 1. The fraction of sp³-hybridized carbons (Fsp3) is 0.435. The van der Waals surface area contributed by atoms with E-state index in [1.807, 2.05) is 12.1 Å². The molecule has 0 radical (unpaired) electrons. The van der Waals surface area contributed by atoms with Crippen LogP contribution in [0.5, 0.6) is 0 Å². The Balaban J connectivity index is 1.95. The largest absolute Gasteiger partial charge is 0.444 e. The molecule has 2 aromatic rings. The summed E-state index contributed by atoms with van der Waals surface area (Å²) >= 11 is 0. The van der Waals surface area contributed by atoms with E-state index in [0.29, 0.717) is 11.6 Å². The first kappa shape index (κ1) is 21.0. The number of carbonyl (C=O) groups excluding carboxylic acids is 2. The number of ketones is 1. The molecule has 1 saturated heterocycles. The molecule has 0 spiro atoms. The van der Waals surface area contributed by atoms with E-state index in [2.05, 4.69) is 22.4 Å². The molecule has 1 aliphatic heterocycles. The molecule has 29 heavy (non-hydrogen) atoms. The fourth-order valence-corrected chi connectivity index (χ4v) is 3.00. The third kappa shape index (κ3) is 5.21. The molecule has 1 aliphatic rings. The van der Waals surface area contributed by atoms with Crippen LogP contribution in [0.1, 0.15) is 56.6 Å². The van der Waals surface area contributed by atoms with Gasteiger partial charge < -0.3 is 9.47 Å². The van der Waals surface area contributed by atoms with Crippen molar-refractivity contribution >= 4 is 17.6 Å². The summed E-state index contributed by atoms with van der Waals surface area (Å²) in [5, 5.41) is 2.71. The van der Waals surface area contributed by atoms with Crippen LogP contribution in [0.15, 0.2) is 36.5 Å². The van der Waals surface area contributed by atoms with Crippen molar-refractivity contribution < 1.29 is 19.1 Å². The van der Waals surface area contributed by atoms with E-state index in [0.717, 1.165) is 24.3 Å². The van der Waals surface area contributed by atoms with Gasteiger partial charge in [0, 0.05) is 23.6 Å². The average Bonchev–Trinajstić information content (AvgIpc) is 2.58. The van der Waals surface area contributed by atoms with Gasteiger partial charge in [-0.05, 0) is 38.0 Å². The number of Topliss-reactive ketones (excluding diaryl/α,β-unsaturated/α-hetero) is 1. The van der Waals surface area contributed by atoms with E-state index >= 15 is 0 Å². The lowest BCUT2D eigenvalue weighted by molar-refractivity contribution is 0.00844. The summed E-state index contributed by atoms with van der Waals surface area (Å²) in [5.74, 6) is 0.0292. The van der Waals surface area contributed by atoms with Crippen molar-refractivity contribution in [3.63, 3.8) is 0 Å². The van der Waals surface area contributed by atoms with Crippen LogP contribution in [0.25, 0.3) is 11.1 Å². The first-order chi connectivity index (χ1) is 13.6. The second-order valence-corrected chi connectivity index (χ2v) is 8.63. The summed E-state index contributed by atoms with van der Waals surface area (Å²) in [7, 11) is 0. The number of hydrogen-bond acceptors (Lipinski definition) is 5. The molecule has 0 atom stereocenters. The van der Waals surface area contributed by atoms with E-state index in [-0.39, 0.29) is 17.4 Å². The van der Waals surface area contributed by atoms with E-state index in [1.165, 1.54) is 5.56 Å². The van der Waals surface area contributed by atoms with Gasteiger partial charge in [0.15, 0.2) is 5.78 Å². The van der Waals surface area contributed by atoms with Crippen molar-refractivity contribution in [2.24, 2.45) is 5.92 Å². The normalized spacial score (nSPS) is 14.4.